The standard InChI is InChI=1S/C27H34N6O2/c1-4-24(26-29-30-31-33(26)15-13-21-9-6-5-7-10-21)32(14-8-16-34)18-23-17-22-12-11-19(2)20(3)25(22)28-27(23)35/h5-7,9-12,17,24,34H,4,8,13-16,18H2,1-3H3,(H,28,35). The van der Waals surface area contributed by atoms with Gasteiger partial charge in [-0.05, 0) is 71.7 Å². The van der Waals surface area contributed by atoms with E-state index >= 15 is 0 Å². The topological polar surface area (TPSA) is 99.9 Å². The van der Waals surface area contributed by atoms with Crippen molar-refractivity contribution in [1.29, 1.82) is 0 Å². The van der Waals surface area contributed by atoms with E-state index in [0.717, 1.165) is 40.7 Å². The number of aryl methyl sites for hydroxylation is 4. The lowest BCUT2D eigenvalue weighted by atomic mass is 10.0. The van der Waals surface area contributed by atoms with Gasteiger partial charge in [-0.15, -0.1) is 5.10 Å². The van der Waals surface area contributed by atoms with Crippen LogP contribution in [-0.4, -0.2) is 48.3 Å². The Labute approximate surface area is 205 Å². The summed E-state index contributed by atoms with van der Waals surface area (Å²) in [5.41, 5.74) is 4.97. The van der Waals surface area contributed by atoms with Crippen LogP contribution in [0.5, 0.6) is 0 Å². The van der Waals surface area contributed by atoms with E-state index in [9.17, 15) is 9.90 Å². The van der Waals surface area contributed by atoms with Crippen LogP contribution in [0.25, 0.3) is 10.9 Å². The summed E-state index contributed by atoms with van der Waals surface area (Å²) in [6.45, 7) is 8.01. The zero-order chi connectivity index (χ0) is 24.8. The summed E-state index contributed by atoms with van der Waals surface area (Å²) in [6, 6.07) is 16.3. The molecule has 8 heteroatoms. The molecule has 184 valence electrons. The number of aromatic amines is 1. The zero-order valence-corrected chi connectivity index (χ0v) is 20.7. The monoisotopic (exact) mass is 474 g/mol. The molecule has 0 saturated heterocycles. The number of aliphatic hydroxyl groups is 1. The van der Waals surface area contributed by atoms with Crippen molar-refractivity contribution >= 4 is 10.9 Å². The van der Waals surface area contributed by atoms with Gasteiger partial charge in [0.05, 0.1) is 11.6 Å². The van der Waals surface area contributed by atoms with E-state index in [-0.39, 0.29) is 18.2 Å². The first-order valence-electron chi connectivity index (χ1n) is 12.3. The van der Waals surface area contributed by atoms with Crippen molar-refractivity contribution < 1.29 is 5.11 Å². The van der Waals surface area contributed by atoms with Crippen LogP contribution in [0, 0.1) is 13.8 Å². The Morgan fingerprint density at radius 1 is 1.14 bits per heavy atom. The van der Waals surface area contributed by atoms with Gasteiger partial charge in [-0.3, -0.25) is 9.69 Å². The summed E-state index contributed by atoms with van der Waals surface area (Å²) in [6.07, 6.45) is 2.21. The Morgan fingerprint density at radius 2 is 1.94 bits per heavy atom. The molecule has 0 fully saturated rings. The second-order valence-corrected chi connectivity index (χ2v) is 9.06. The molecule has 4 aromatic rings. The van der Waals surface area contributed by atoms with Gasteiger partial charge in [0, 0.05) is 31.8 Å². The highest BCUT2D eigenvalue weighted by molar-refractivity contribution is 5.83. The van der Waals surface area contributed by atoms with Crippen molar-refractivity contribution in [2.75, 3.05) is 13.2 Å². The Bertz CT molecular complexity index is 1310. The number of hydrogen-bond acceptors (Lipinski definition) is 6. The van der Waals surface area contributed by atoms with Crippen molar-refractivity contribution in [2.45, 2.75) is 59.2 Å². The van der Waals surface area contributed by atoms with Crippen LogP contribution in [-0.2, 0) is 19.5 Å². The number of H-pyrrole nitrogens is 1. The molecule has 1 atom stereocenters. The SMILES string of the molecule is CCC(c1nnnn1CCc1ccccc1)N(CCCO)Cc1cc2ccc(C)c(C)c2[nH]c1=O. The predicted octanol–water partition coefficient (Wildman–Crippen LogP) is 3.71. The third-order valence-electron chi connectivity index (χ3n) is 6.75. The van der Waals surface area contributed by atoms with E-state index in [4.69, 9.17) is 0 Å². The van der Waals surface area contributed by atoms with E-state index in [1.54, 1.807) is 0 Å². The number of hydrogen-bond donors (Lipinski definition) is 2. The molecule has 0 aliphatic rings. The fourth-order valence-electron chi connectivity index (χ4n) is 4.62. The predicted molar refractivity (Wildman–Crippen MR) is 137 cm³/mol. The Hall–Kier alpha value is -3.36. The molecule has 1 unspecified atom stereocenters. The van der Waals surface area contributed by atoms with Gasteiger partial charge in [0.25, 0.3) is 5.56 Å². The molecule has 2 N–H and O–H groups in total. The van der Waals surface area contributed by atoms with Crippen molar-refractivity contribution in [2.24, 2.45) is 0 Å². The number of aromatic nitrogens is 5. The van der Waals surface area contributed by atoms with Crippen molar-refractivity contribution in [1.82, 2.24) is 30.1 Å². The third kappa shape index (κ3) is 5.66. The number of aliphatic hydroxyl groups excluding tert-OH is 1. The van der Waals surface area contributed by atoms with Crippen LogP contribution in [0.4, 0.5) is 0 Å². The van der Waals surface area contributed by atoms with E-state index in [0.29, 0.717) is 31.6 Å². The van der Waals surface area contributed by atoms with Gasteiger partial charge in [0.2, 0.25) is 0 Å². The highest BCUT2D eigenvalue weighted by Crippen LogP contribution is 2.25. The van der Waals surface area contributed by atoms with E-state index in [1.807, 2.05) is 42.8 Å². The van der Waals surface area contributed by atoms with Gasteiger partial charge in [0.15, 0.2) is 5.82 Å². The molecule has 35 heavy (non-hydrogen) atoms. The molecule has 2 aromatic carbocycles. The fraction of sp³-hybridized carbons (Fsp3) is 0.407. The molecule has 2 aromatic heterocycles. The molecule has 0 aliphatic heterocycles. The minimum Gasteiger partial charge on any atom is -0.396 e. The minimum absolute atomic E-state index is 0.0813. The number of rotatable bonds is 11. The molecule has 0 bridgehead atoms. The summed E-state index contributed by atoms with van der Waals surface area (Å²) < 4.78 is 1.86. The van der Waals surface area contributed by atoms with Crippen LogP contribution < -0.4 is 5.56 Å². The second kappa shape index (κ2) is 11.4. The first-order chi connectivity index (χ1) is 17.0. The van der Waals surface area contributed by atoms with Gasteiger partial charge in [-0.1, -0.05) is 49.4 Å². The summed E-state index contributed by atoms with van der Waals surface area (Å²) in [4.78, 5) is 18.4. The van der Waals surface area contributed by atoms with Gasteiger partial charge in [-0.2, -0.15) is 0 Å². The number of nitrogens with zero attached hydrogens (tertiary/aromatic N) is 5. The van der Waals surface area contributed by atoms with Crippen molar-refractivity contribution in [3.05, 3.63) is 87.0 Å². The quantitative estimate of drug-likeness (QED) is 0.344. The van der Waals surface area contributed by atoms with Crippen LogP contribution in [0.2, 0.25) is 0 Å². The molecule has 2 heterocycles. The lowest BCUT2D eigenvalue weighted by Crippen LogP contribution is -2.34. The molecule has 0 spiro atoms. The van der Waals surface area contributed by atoms with E-state index in [2.05, 4.69) is 56.6 Å². The van der Waals surface area contributed by atoms with Crippen LogP contribution in [0.3, 0.4) is 0 Å². The number of nitrogens with one attached hydrogen (secondary N) is 1. The van der Waals surface area contributed by atoms with E-state index < -0.39 is 0 Å². The van der Waals surface area contributed by atoms with Gasteiger partial charge >= 0.3 is 0 Å². The smallest absolute Gasteiger partial charge is 0.252 e. The van der Waals surface area contributed by atoms with E-state index in [1.165, 1.54) is 5.56 Å². The van der Waals surface area contributed by atoms with Gasteiger partial charge < -0.3 is 10.1 Å². The Kier molecular flexibility index (Phi) is 8.05. The average Bonchev–Trinajstić information content (AvgIpc) is 3.33. The van der Waals surface area contributed by atoms with Crippen LogP contribution in [0.1, 0.15) is 53.9 Å². The highest BCUT2D eigenvalue weighted by Gasteiger charge is 2.25. The first-order valence-corrected chi connectivity index (χ1v) is 12.3. The molecule has 4 rings (SSSR count). The fourth-order valence-corrected chi connectivity index (χ4v) is 4.62. The maximum atomic E-state index is 13.1. The maximum Gasteiger partial charge on any atom is 0.252 e. The minimum atomic E-state index is -0.0845. The lowest BCUT2D eigenvalue weighted by Gasteiger charge is -2.30. The van der Waals surface area contributed by atoms with Crippen LogP contribution in [0.15, 0.2) is 53.3 Å². The third-order valence-corrected chi connectivity index (χ3v) is 6.75. The Balaban J connectivity index is 1.62. The molecular weight excluding hydrogens is 440 g/mol. The van der Waals surface area contributed by atoms with Crippen LogP contribution >= 0.6 is 0 Å². The molecule has 0 amide bonds. The molecule has 0 aliphatic carbocycles. The zero-order valence-electron chi connectivity index (χ0n) is 20.7. The normalized spacial score (nSPS) is 12.5. The summed E-state index contributed by atoms with van der Waals surface area (Å²) in [5.74, 6) is 0.782. The highest BCUT2D eigenvalue weighted by atomic mass is 16.3. The van der Waals surface area contributed by atoms with Gasteiger partial charge in [0.1, 0.15) is 0 Å². The molecule has 8 nitrogen and oxygen atoms in total. The summed E-state index contributed by atoms with van der Waals surface area (Å²) >= 11 is 0. The number of fused-ring (bicyclic) bond motifs is 1. The number of tetrazole rings is 1. The number of pyridine rings is 1. The second-order valence-electron chi connectivity index (χ2n) is 9.06. The van der Waals surface area contributed by atoms with Crippen molar-refractivity contribution in [3.8, 4) is 0 Å². The largest absolute Gasteiger partial charge is 0.396 e. The Morgan fingerprint density at radius 3 is 2.69 bits per heavy atom. The molecule has 0 saturated carbocycles. The lowest BCUT2D eigenvalue weighted by molar-refractivity contribution is 0.152. The van der Waals surface area contributed by atoms with Crippen molar-refractivity contribution in [3.63, 3.8) is 0 Å². The average molecular weight is 475 g/mol. The summed E-state index contributed by atoms with van der Waals surface area (Å²) in [7, 11) is 0. The number of benzene rings is 2. The maximum absolute atomic E-state index is 13.1. The molecule has 0 radical (unpaired) electrons. The summed E-state index contributed by atoms with van der Waals surface area (Å²) in [5, 5.41) is 23.2. The first kappa shape index (κ1) is 24.8. The molecular formula is C27H34N6O2. The van der Waals surface area contributed by atoms with Gasteiger partial charge in [-0.25, -0.2) is 4.68 Å².